The highest BCUT2D eigenvalue weighted by molar-refractivity contribution is 6.30. The summed E-state index contributed by atoms with van der Waals surface area (Å²) in [5.74, 6) is 0.443. The van der Waals surface area contributed by atoms with Crippen molar-refractivity contribution in [1.29, 1.82) is 0 Å². The van der Waals surface area contributed by atoms with E-state index < -0.39 is 5.82 Å². The lowest BCUT2D eigenvalue weighted by atomic mass is 10.1. The van der Waals surface area contributed by atoms with E-state index >= 15 is 0 Å². The molecule has 17 heavy (non-hydrogen) atoms. The first kappa shape index (κ1) is 12.0. The van der Waals surface area contributed by atoms with Crippen LogP contribution in [-0.2, 0) is 12.8 Å². The van der Waals surface area contributed by atoms with Gasteiger partial charge >= 0.3 is 0 Å². The zero-order valence-electron chi connectivity index (χ0n) is 8.99. The van der Waals surface area contributed by atoms with Gasteiger partial charge < -0.3 is 10.3 Å². The summed E-state index contributed by atoms with van der Waals surface area (Å²) in [4.78, 5) is 4.10. The molecule has 1 heterocycles. The highest BCUT2D eigenvalue weighted by Crippen LogP contribution is 2.19. The lowest BCUT2D eigenvalue weighted by Crippen LogP contribution is -2.03. The van der Waals surface area contributed by atoms with Gasteiger partial charge in [0.05, 0.1) is 5.02 Å². The Bertz CT molecular complexity index is 515. The zero-order valence-corrected chi connectivity index (χ0v) is 9.75. The van der Waals surface area contributed by atoms with E-state index in [0.717, 1.165) is 0 Å². The molecule has 2 aromatic rings. The van der Waals surface area contributed by atoms with E-state index in [9.17, 15) is 4.39 Å². The topological polar surface area (TPSA) is 64.9 Å². The van der Waals surface area contributed by atoms with Crippen LogP contribution >= 0.6 is 11.6 Å². The van der Waals surface area contributed by atoms with Gasteiger partial charge in [0.2, 0.25) is 5.89 Å². The van der Waals surface area contributed by atoms with E-state index in [-0.39, 0.29) is 11.4 Å². The summed E-state index contributed by atoms with van der Waals surface area (Å²) in [5.41, 5.74) is 5.80. The van der Waals surface area contributed by atoms with E-state index in [1.807, 2.05) is 0 Å². The molecule has 4 nitrogen and oxygen atoms in total. The van der Waals surface area contributed by atoms with Gasteiger partial charge in [0.15, 0.2) is 5.82 Å². The Hall–Kier alpha value is -1.46. The second-order valence-electron chi connectivity index (χ2n) is 3.53. The molecule has 1 aromatic carbocycles. The van der Waals surface area contributed by atoms with Crippen LogP contribution < -0.4 is 5.73 Å². The summed E-state index contributed by atoms with van der Waals surface area (Å²) >= 11 is 5.68. The van der Waals surface area contributed by atoms with Crippen LogP contribution in [0.4, 0.5) is 4.39 Å². The highest BCUT2D eigenvalue weighted by Gasteiger charge is 2.11. The van der Waals surface area contributed by atoms with Crippen molar-refractivity contribution in [3.63, 3.8) is 0 Å². The van der Waals surface area contributed by atoms with Crippen molar-refractivity contribution < 1.29 is 8.91 Å². The second kappa shape index (κ2) is 5.25. The maximum atomic E-state index is 13.6. The normalized spacial score (nSPS) is 10.8. The summed E-state index contributed by atoms with van der Waals surface area (Å²) in [5, 5.41) is 3.84. The Labute approximate surface area is 103 Å². The molecule has 0 aliphatic carbocycles. The second-order valence-corrected chi connectivity index (χ2v) is 3.94. The van der Waals surface area contributed by atoms with E-state index in [1.165, 1.54) is 6.07 Å². The summed E-state index contributed by atoms with van der Waals surface area (Å²) in [6, 6.07) is 4.82. The number of hydrogen-bond donors (Lipinski definition) is 1. The fraction of sp³-hybridized carbons (Fsp3) is 0.273. The molecule has 0 spiro atoms. The molecule has 1 aromatic heterocycles. The number of halogens is 2. The van der Waals surface area contributed by atoms with E-state index in [1.54, 1.807) is 12.1 Å². The van der Waals surface area contributed by atoms with Gasteiger partial charge in [-0.25, -0.2) is 4.39 Å². The van der Waals surface area contributed by atoms with Crippen LogP contribution in [0.25, 0.3) is 0 Å². The van der Waals surface area contributed by atoms with E-state index in [0.29, 0.717) is 30.2 Å². The van der Waals surface area contributed by atoms with Gasteiger partial charge in [-0.05, 0) is 11.6 Å². The Kier molecular flexibility index (Phi) is 3.71. The molecule has 0 bridgehead atoms. The summed E-state index contributed by atoms with van der Waals surface area (Å²) < 4.78 is 18.6. The van der Waals surface area contributed by atoms with Gasteiger partial charge in [-0.15, -0.1) is 0 Å². The largest absolute Gasteiger partial charge is 0.339 e. The van der Waals surface area contributed by atoms with Crippen LogP contribution in [-0.4, -0.2) is 16.7 Å². The molecule has 0 aliphatic rings. The van der Waals surface area contributed by atoms with Gasteiger partial charge in [0.1, 0.15) is 5.82 Å². The molecule has 0 fully saturated rings. The first-order chi connectivity index (χ1) is 8.20. The van der Waals surface area contributed by atoms with Crippen LogP contribution in [0.15, 0.2) is 22.7 Å². The van der Waals surface area contributed by atoms with Crippen LogP contribution in [0.3, 0.4) is 0 Å². The predicted octanol–water partition coefficient (Wildman–Crippen LogP) is 1.95. The molecule has 0 saturated heterocycles. The molecule has 0 aliphatic heterocycles. The van der Waals surface area contributed by atoms with Gasteiger partial charge in [0, 0.05) is 19.4 Å². The monoisotopic (exact) mass is 255 g/mol. The van der Waals surface area contributed by atoms with Crippen LogP contribution in [0.2, 0.25) is 5.02 Å². The van der Waals surface area contributed by atoms with Crippen molar-refractivity contribution in [2.45, 2.75) is 12.8 Å². The Balaban J connectivity index is 2.16. The third-order valence-corrected chi connectivity index (χ3v) is 2.54. The fourth-order valence-corrected chi connectivity index (χ4v) is 1.64. The molecule has 2 rings (SSSR count). The molecule has 0 saturated carbocycles. The highest BCUT2D eigenvalue weighted by atomic mass is 35.5. The number of hydrogen-bond acceptors (Lipinski definition) is 4. The van der Waals surface area contributed by atoms with E-state index in [2.05, 4.69) is 10.1 Å². The number of benzene rings is 1. The van der Waals surface area contributed by atoms with Gasteiger partial charge in [-0.1, -0.05) is 28.9 Å². The minimum absolute atomic E-state index is 0.0909. The maximum Gasteiger partial charge on any atom is 0.227 e. The predicted molar refractivity (Wildman–Crippen MR) is 61.3 cm³/mol. The first-order valence-electron chi connectivity index (χ1n) is 5.15. The smallest absolute Gasteiger partial charge is 0.227 e. The van der Waals surface area contributed by atoms with Crippen LogP contribution in [0.5, 0.6) is 0 Å². The van der Waals surface area contributed by atoms with Crippen LogP contribution in [0.1, 0.15) is 17.3 Å². The molecule has 6 heteroatoms. The van der Waals surface area contributed by atoms with Crippen molar-refractivity contribution in [2.75, 3.05) is 6.54 Å². The van der Waals surface area contributed by atoms with Crippen molar-refractivity contribution in [3.8, 4) is 0 Å². The summed E-state index contributed by atoms with van der Waals surface area (Å²) in [6.45, 7) is 0.438. The molecule has 0 amide bonds. The number of nitrogens with zero attached hydrogens (tertiary/aromatic N) is 2. The zero-order chi connectivity index (χ0) is 12.3. The molecular formula is C11H11ClFN3O. The summed E-state index contributed by atoms with van der Waals surface area (Å²) in [6.07, 6.45) is 0.769. The average molecular weight is 256 g/mol. The Morgan fingerprint density at radius 3 is 3.00 bits per heavy atom. The number of aromatic nitrogens is 2. The molecule has 0 atom stereocenters. The van der Waals surface area contributed by atoms with E-state index in [4.69, 9.17) is 21.9 Å². The Morgan fingerprint density at radius 1 is 1.41 bits per heavy atom. The minimum atomic E-state index is -0.445. The quantitative estimate of drug-likeness (QED) is 0.907. The third-order valence-electron chi connectivity index (χ3n) is 2.25. The van der Waals surface area contributed by atoms with Crippen molar-refractivity contribution in [1.82, 2.24) is 10.1 Å². The van der Waals surface area contributed by atoms with Crippen molar-refractivity contribution in [3.05, 3.63) is 46.3 Å². The molecule has 2 N–H and O–H groups in total. The molecule has 0 unspecified atom stereocenters. The number of nitrogens with two attached hydrogens (primary N) is 1. The van der Waals surface area contributed by atoms with Gasteiger partial charge in [-0.3, -0.25) is 0 Å². The molecule has 0 radical (unpaired) electrons. The lowest BCUT2D eigenvalue weighted by Gasteiger charge is -2.00. The first-order valence-corrected chi connectivity index (χ1v) is 5.53. The Morgan fingerprint density at radius 2 is 2.24 bits per heavy atom. The molecular weight excluding hydrogens is 245 g/mol. The van der Waals surface area contributed by atoms with Crippen molar-refractivity contribution in [2.24, 2.45) is 5.73 Å². The lowest BCUT2D eigenvalue weighted by molar-refractivity contribution is 0.375. The molecule has 90 valence electrons. The van der Waals surface area contributed by atoms with Gasteiger partial charge in [0.25, 0.3) is 0 Å². The van der Waals surface area contributed by atoms with Gasteiger partial charge in [-0.2, -0.15) is 4.98 Å². The fourth-order valence-electron chi connectivity index (χ4n) is 1.44. The summed E-state index contributed by atoms with van der Waals surface area (Å²) in [7, 11) is 0. The maximum absolute atomic E-state index is 13.6. The number of rotatable bonds is 4. The van der Waals surface area contributed by atoms with Crippen molar-refractivity contribution >= 4 is 11.6 Å². The minimum Gasteiger partial charge on any atom is -0.339 e. The average Bonchev–Trinajstić information content (AvgIpc) is 2.73. The van der Waals surface area contributed by atoms with Crippen LogP contribution in [0, 0.1) is 5.82 Å². The standard InChI is InChI=1S/C11H11ClFN3O/c12-8-3-1-2-7(11(8)13)6-9-15-10(4-5-14)17-16-9/h1-3H,4-6,14H2. The SMILES string of the molecule is NCCc1nc(Cc2cccc(Cl)c2F)no1. The third kappa shape index (κ3) is 2.81.